The van der Waals surface area contributed by atoms with E-state index in [0.717, 1.165) is 39.3 Å². The summed E-state index contributed by atoms with van der Waals surface area (Å²) in [5, 5.41) is 3.34. The van der Waals surface area contributed by atoms with E-state index in [-0.39, 0.29) is 6.09 Å². The monoisotopic (exact) mass is 241 g/mol. The Morgan fingerprint density at radius 3 is 2.35 bits per heavy atom. The maximum atomic E-state index is 11.7. The smallest absolute Gasteiger partial charge is 0.410 e. The average Bonchev–Trinajstić information content (AvgIpc) is 2.14. The lowest BCUT2D eigenvalue weighted by molar-refractivity contribution is -0.0172. The number of ether oxygens (including phenoxy) is 1. The van der Waals surface area contributed by atoms with Crippen molar-refractivity contribution in [2.45, 2.75) is 32.4 Å². The first-order valence-corrected chi connectivity index (χ1v) is 6.38. The number of nitrogens with one attached hydrogen (secondary N) is 1. The second-order valence-corrected chi connectivity index (χ2v) is 5.83. The van der Waals surface area contributed by atoms with Crippen molar-refractivity contribution >= 4 is 6.09 Å². The summed E-state index contributed by atoms with van der Waals surface area (Å²) >= 11 is 0. The van der Waals surface area contributed by atoms with E-state index >= 15 is 0 Å². The number of piperazine rings is 1. The molecule has 0 radical (unpaired) electrons. The first kappa shape index (κ1) is 12.6. The van der Waals surface area contributed by atoms with Gasteiger partial charge in [0.05, 0.1) is 0 Å². The summed E-state index contributed by atoms with van der Waals surface area (Å²) in [6, 6.07) is 0.532. The van der Waals surface area contributed by atoms with Gasteiger partial charge in [0.25, 0.3) is 0 Å². The van der Waals surface area contributed by atoms with Crippen LogP contribution in [-0.4, -0.2) is 66.8 Å². The molecule has 0 aromatic heterocycles. The molecule has 0 aromatic rings. The fourth-order valence-corrected chi connectivity index (χ4v) is 2.21. The number of hydrogen-bond donors (Lipinski definition) is 1. The summed E-state index contributed by atoms with van der Waals surface area (Å²) in [7, 11) is 0. The van der Waals surface area contributed by atoms with E-state index in [2.05, 4.69) is 10.2 Å². The van der Waals surface area contributed by atoms with Crippen molar-refractivity contribution in [3.63, 3.8) is 0 Å². The minimum atomic E-state index is -0.392. The van der Waals surface area contributed by atoms with Crippen molar-refractivity contribution in [2.24, 2.45) is 0 Å². The van der Waals surface area contributed by atoms with Crippen molar-refractivity contribution in [1.82, 2.24) is 15.1 Å². The van der Waals surface area contributed by atoms with E-state index in [0.29, 0.717) is 6.04 Å². The maximum absolute atomic E-state index is 11.7. The highest BCUT2D eigenvalue weighted by atomic mass is 16.6. The summed E-state index contributed by atoms with van der Waals surface area (Å²) < 4.78 is 5.33. The van der Waals surface area contributed by atoms with Gasteiger partial charge in [-0.2, -0.15) is 0 Å². The van der Waals surface area contributed by atoms with Crippen LogP contribution in [0.25, 0.3) is 0 Å². The molecule has 0 bridgehead atoms. The van der Waals surface area contributed by atoms with E-state index in [9.17, 15) is 4.79 Å². The lowest BCUT2D eigenvalue weighted by Crippen LogP contribution is -2.64. The van der Waals surface area contributed by atoms with Gasteiger partial charge >= 0.3 is 6.09 Å². The van der Waals surface area contributed by atoms with Gasteiger partial charge in [0.15, 0.2) is 0 Å². The molecule has 0 unspecified atom stereocenters. The van der Waals surface area contributed by atoms with Crippen LogP contribution < -0.4 is 5.32 Å². The highest BCUT2D eigenvalue weighted by Gasteiger charge is 2.37. The molecule has 0 saturated carbocycles. The molecular weight excluding hydrogens is 218 g/mol. The van der Waals surface area contributed by atoms with Gasteiger partial charge in [0.2, 0.25) is 0 Å². The number of carbonyl (C=O) groups is 1. The Hall–Kier alpha value is -0.810. The van der Waals surface area contributed by atoms with E-state index in [1.54, 1.807) is 4.90 Å². The van der Waals surface area contributed by atoms with Crippen LogP contribution in [-0.2, 0) is 4.74 Å². The minimum absolute atomic E-state index is 0.177. The molecule has 0 aromatic carbocycles. The van der Waals surface area contributed by atoms with Gasteiger partial charge in [-0.3, -0.25) is 4.90 Å². The molecule has 98 valence electrons. The third-order valence-electron chi connectivity index (χ3n) is 3.18. The van der Waals surface area contributed by atoms with Crippen molar-refractivity contribution in [1.29, 1.82) is 0 Å². The summed E-state index contributed by atoms with van der Waals surface area (Å²) in [6.45, 7) is 11.6. The molecule has 2 heterocycles. The second kappa shape index (κ2) is 4.82. The molecule has 17 heavy (non-hydrogen) atoms. The van der Waals surface area contributed by atoms with Crippen LogP contribution in [0.15, 0.2) is 0 Å². The Kier molecular flexibility index (Phi) is 3.58. The molecule has 2 aliphatic rings. The quantitative estimate of drug-likeness (QED) is 0.726. The standard InChI is InChI=1S/C12H23N3O2/c1-12(2,3)17-11(16)15-8-10(9-15)14-6-4-13-5-7-14/h10,13H,4-9H2,1-3H3. The van der Waals surface area contributed by atoms with Crippen molar-refractivity contribution < 1.29 is 9.53 Å². The van der Waals surface area contributed by atoms with Crippen molar-refractivity contribution in [2.75, 3.05) is 39.3 Å². The Labute approximate surface area is 103 Å². The molecule has 2 aliphatic heterocycles. The number of carbonyl (C=O) groups excluding carboxylic acids is 1. The van der Waals surface area contributed by atoms with Crippen LogP contribution in [0.2, 0.25) is 0 Å². The Morgan fingerprint density at radius 2 is 1.82 bits per heavy atom. The maximum Gasteiger partial charge on any atom is 0.410 e. The predicted molar refractivity (Wildman–Crippen MR) is 66.0 cm³/mol. The fourth-order valence-electron chi connectivity index (χ4n) is 2.21. The SMILES string of the molecule is CC(C)(C)OC(=O)N1CC(N2CCNCC2)C1. The molecule has 1 N–H and O–H groups in total. The predicted octanol–water partition coefficient (Wildman–Crippen LogP) is 0.511. The van der Waals surface area contributed by atoms with Gasteiger partial charge in [-0.15, -0.1) is 0 Å². The van der Waals surface area contributed by atoms with Crippen LogP contribution in [0.1, 0.15) is 20.8 Å². The molecular formula is C12H23N3O2. The zero-order chi connectivity index (χ0) is 12.5. The molecule has 0 atom stereocenters. The third kappa shape index (κ3) is 3.33. The molecule has 0 spiro atoms. The van der Waals surface area contributed by atoms with Crippen molar-refractivity contribution in [3.05, 3.63) is 0 Å². The fraction of sp³-hybridized carbons (Fsp3) is 0.917. The van der Waals surface area contributed by atoms with Gasteiger partial charge in [-0.25, -0.2) is 4.79 Å². The van der Waals surface area contributed by atoms with Crippen LogP contribution in [0.4, 0.5) is 4.79 Å². The topological polar surface area (TPSA) is 44.8 Å². The zero-order valence-electron chi connectivity index (χ0n) is 11.0. The largest absolute Gasteiger partial charge is 0.444 e. The molecule has 1 amide bonds. The number of likely N-dealkylation sites (tertiary alicyclic amines) is 1. The van der Waals surface area contributed by atoms with Gasteiger partial charge in [-0.05, 0) is 20.8 Å². The number of amides is 1. The van der Waals surface area contributed by atoms with Crippen LogP contribution in [0.5, 0.6) is 0 Å². The Morgan fingerprint density at radius 1 is 1.24 bits per heavy atom. The molecule has 5 nitrogen and oxygen atoms in total. The normalized spacial score (nSPS) is 23.4. The van der Waals surface area contributed by atoms with E-state index < -0.39 is 5.60 Å². The molecule has 0 aliphatic carbocycles. The summed E-state index contributed by atoms with van der Waals surface area (Å²) in [6.07, 6.45) is -0.177. The third-order valence-corrected chi connectivity index (χ3v) is 3.18. The van der Waals surface area contributed by atoms with Crippen LogP contribution in [0.3, 0.4) is 0 Å². The van der Waals surface area contributed by atoms with Crippen LogP contribution >= 0.6 is 0 Å². The molecule has 2 saturated heterocycles. The van der Waals surface area contributed by atoms with E-state index in [4.69, 9.17) is 4.74 Å². The first-order chi connectivity index (χ1) is 7.96. The highest BCUT2D eigenvalue weighted by molar-refractivity contribution is 5.69. The average molecular weight is 241 g/mol. The Balaban J connectivity index is 1.72. The number of nitrogens with zero attached hydrogens (tertiary/aromatic N) is 2. The molecule has 5 heteroatoms. The van der Waals surface area contributed by atoms with E-state index in [1.165, 1.54) is 0 Å². The van der Waals surface area contributed by atoms with Gasteiger partial charge in [-0.1, -0.05) is 0 Å². The minimum Gasteiger partial charge on any atom is -0.444 e. The second-order valence-electron chi connectivity index (χ2n) is 5.83. The Bertz CT molecular complexity index is 276. The summed E-state index contributed by atoms with van der Waals surface area (Å²) in [4.78, 5) is 16.0. The summed E-state index contributed by atoms with van der Waals surface area (Å²) in [5.41, 5.74) is -0.392. The first-order valence-electron chi connectivity index (χ1n) is 6.38. The van der Waals surface area contributed by atoms with E-state index in [1.807, 2.05) is 20.8 Å². The number of hydrogen-bond acceptors (Lipinski definition) is 4. The number of rotatable bonds is 1. The lowest BCUT2D eigenvalue weighted by atomic mass is 10.1. The molecule has 2 fully saturated rings. The van der Waals surface area contributed by atoms with Crippen molar-refractivity contribution in [3.8, 4) is 0 Å². The zero-order valence-corrected chi connectivity index (χ0v) is 11.0. The molecule has 2 rings (SSSR count). The van der Waals surface area contributed by atoms with Gasteiger partial charge in [0.1, 0.15) is 5.60 Å². The van der Waals surface area contributed by atoms with Gasteiger partial charge in [0, 0.05) is 45.3 Å². The summed E-state index contributed by atoms with van der Waals surface area (Å²) in [5.74, 6) is 0. The lowest BCUT2D eigenvalue weighted by Gasteiger charge is -2.46. The van der Waals surface area contributed by atoms with Gasteiger partial charge < -0.3 is 15.0 Å². The van der Waals surface area contributed by atoms with Crippen LogP contribution in [0, 0.1) is 0 Å². The highest BCUT2D eigenvalue weighted by Crippen LogP contribution is 2.19.